The third-order valence-electron chi connectivity index (χ3n) is 3.80. The van der Waals surface area contributed by atoms with E-state index in [1.54, 1.807) is 0 Å². The number of H-pyrrole nitrogens is 1. The lowest BCUT2D eigenvalue weighted by atomic mass is 10.1. The van der Waals surface area contributed by atoms with Crippen LogP contribution in [-0.4, -0.2) is 52.8 Å². The Hall–Kier alpha value is -3.08. The maximum Gasteiger partial charge on any atom is 0.508 e. The molecule has 146 valence electrons. The zero-order valence-corrected chi connectivity index (χ0v) is 14.5. The number of hydrogen-bond acceptors (Lipinski definition) is 8. The van der Waals surface area contributed by atoms with E-state index in [9.17, 15) is 14.4 Å². The van der Waals surface area contributed by atoms with Gasteiger partial charge in [0.2, 0.25) is 0 Å². The number of nitrogens with zero attached hydrogens (tertiary/aromatic N) is 4. The van der Waals surface area contributed by atoms with Gasteiger partial charge < -0.3 is 19.3 Å². The summed E-state index contributed by atoms with van der Waals surface area (Å²) in [5.41, 5.74) is 7.86. The molecule has 0 saturated carbocycles. The molecule has 1 aromatic rings. The van der Waals surface area contributed by atoms with Crippen molar-refractivity contribution in [1.29, 1.82) is 0 Å². The van der Waals surface area contributed by atoms with Crippen LogP contribution in [0.2, 0.25) is 0 Å². The highest BCUT2D eigenvalue weighted by Gasteiger charge is 2.37. The second kappa shape index (κ2) is 9.57. The SMILES string of the molecule is Cc1cn([C@H]2C[C@H](N=[N+]=[N-])[C@@H](COC(=O)OC/C=C/CO)O2)c(=O)[nH]c1=O. The number of hydrogen-bond donors (Lipinski definition) is 2. The molecule has 1 fully saturated rings. The first-order valence-corrected chi connectivity index (χ1v) is 8.03. The summed E-state index contributed by atoms with van der Waals surface area (Å²) < 4.78 is 16.5. The Balaban J connectivity index is 2.02. The Morgan fingerprint density at radius 2 is 2.30 bits per heavy atom. The van der Waals surface area contributed by atoms with Gasteiger partial charge >= 0.3 is 11.8 Å². The summed E-state index contributed by atoms with van der Waals surface area (Å²) in [4.78, 5) is 39.9. The Morgan fingerprint density at radius 1 is 1.52 bits per heavy atom. The van der Waals surface area contributed by atoms with Gasteiger partial charge in [-0.1, -0.05) is 11.2 Å². The number of carbonyl (C=O) groups excluding carboxylic acids is 1. The van der Waals surface area contributed by atoms with Crippen molar-refractivity contribution >= 4 is 6.16 Å². The summed E-state index contributed by atoms with van der Waals surface area (Å²) >= 11 is 0. The molecule has 1 saturated heterocycles. The molecule has 2 rings (SSSR count). The molecule has 0 spiro atoms. The van der Waals surface area contributed by atoms with E-state index in [0.29, 0.717) is 5.56 Å². The van der Waals surface area contributed by atoms with Crippen LogP contribution in [0.4, 0.5) is 4.79 Å². The second-order valence-electron chi connectivity index (χ2n) is 5.64. The van der Waals surface area contributed by atoms with Crippen LogP contribution in [0.15, 0.2) is 33.1 Å². The van der Waals surface area contributed by atoms with Crippen LogP contribution < -0.4 is 11.2 Å². The highest BCUT2D eigenvalue weighted by Crippen LogP contribution is 2.30. The second-order valence-corrected chi connectivity index (χ2v) is 5.64. The average Bonchev–Trinajstić information content (AvgIpc) is 3.03. The summed E-state index contributed by atoms with van der Waals surface area (Å²) in [5, 5.41) is 12.2. The third-order valence-corrected chi connectivity index (χ3v) is 3.80. The van der Waals surface area contributed by atoms with Gasteiger partial charge in [-0.05, 0) is 18.5 Å². The van der Waals surface area contributed by atoms with E-state index in [2.05, 4.69) is 15.0 Å². The fourth-order valence-corrected chi connectivity index (χ4v) is 2.47. The predicted molar refractivity (Wildman–Crippen MR) is 91.0 cm³/mol. The summed E-state index contributed by atoms with van der Waals surface area (Å²) in [6.07, 6.45) is 1.82. The first-order chi connectivity index (χ1) is 13.0. The van der Waals surface area contributed by atoms with Crippen LogP contribution >= 0.6 is 0 Å². The monoisotopic (exact) mass is 381 g/mol. The average molecular weight is 381 g/mol. The van der Waals surface area contributed by atoms with Crippen LogP contribution in [-0.2, 0) is 14.2 Å². The molecule has 12 heteroatoms. The first kappa shape index (κ1) is 20.2. The lowest BCUT2D eigenvalue weighted by molar-refractivity contribution is -0.0410. The van der Waals surface area contributed by atoms with E-state index in [1.165, 1.54) is 29.8 Å². The number of aryl methyl sites for hydroxylation is 1. The van der Waals surface area contributed by atoms with Crippen LogP contribution in [0.25, 0.3) is 10.4 Å². The molecule has 2 heterocycles. The molecule has 0 unspecified atom stereocenters. The van der Waals surface area contributed by atoms with Crippen LogP contribution in [0, 0.1) is 6.92 Å². The Labute approximate surface area is 152 Å². The number of carbonyl (C=O) groups is 1. The van der Waals surface area contributed by atoms with Gasteiger partial charge in [0.1, 0.15) is 25.5 Å². The maximum atomic E-state index is 12.0. The molecule has 0 amide bonds. The minimum atomic E-state index is -0.957. The molecule has 0 aliphatic carbocycles. The van der Waals surface area contributed by atoms with Gasteiger partial charge in [0.15, 0.2) is 0 Å². The van der Waals surface area contributed by atoms with E-state index in [1.807, 2.05) is 0 Å². The lowest BCUT2D eigenvalue weighted by Gasteiger charge is -2.16. The molecule has 2 N–H and O–H groups in total. The molecule has 0 aromatic carbocycles. The molecule has 0 radical (unpaired) electrons. The summed E-state index contributed by atoms with van der Waals surface area (Å²) in [5.74, 6) is 0. The highest BCUT2D eigenvalue weighted by atomic mass is 16.7. The van der Waals surface area contributed by atoms with Crippen molar-refractivity contribution in [2.75, 3.05) is 19.8 Å². The van der Waals surface area contributed by atoms with Gasteiger partial charge in [-0.3, -0.25) is 14.3 Å². The number of aromatic amines is 1. The number of aliphatic hydroxyl groups excluding tert-OH is 1. The standard InChI is InChI=1S/C15H19N5O7/c1-9-7-20(14(23)17-13(9)22)12-6-10(18-19-16)11(27-12)8-26-15(24)25-5-3-2-4-21/h2-3,7,10-12,21H,4-6,8H2,1H3,(H,17,22,23)/b3-2+/t10-,11+,12+/m0/s1. The van der Waals surface area contributed by atoms with E-state index in [4.69, 9.17) is 24.8 Å². The quantitative estimate of drug-likeness (QED) is 0.228. The minimum Gasteiger partial charge on any atom is -0.432 e. The molecule has 1 aromatic heterocycles. The third kappa shape index (κ3) is 5.45. The van der Waals surface area contributed by atoms with E-state index in [-0.39, 0.29) is 26.2 Å². The smallest absolute Gasteiger partial charge is 0.432 e. The first-order valence-electron chi connectivity index (χ1n) is 8.03. The number of azide groups is 1. The summed E-state index contributed by atoms with van der Waals surface area (Å²) in [6.45, 7) is 1.04. The Morgan fingerprint density at radius 3 is 3.00 bits per heavy atom. The predicted octanol–water partition coefficient (Wildman–Crippen LogP) is 0.513. The van der Waals surface area contributed by atoms with Gasteiger partial charge in [-0.25, -0.2) is 9.59 Å². The maximum absolute atomic E-state index is 12.0. The van der Waals surface area contributed by atoms with E-state index >= 15 is 0 Å². The van der Waals surface area contributed by atoms with Gasteiger partial charge in [0, 0.05) is 23.1 Å². The van der Waals surface area contributed by atoms with Crippen LogP contribution in [0.1, 0.15) is 18.2 Å². The zero-order valence-electron chi connectivity index (χ0n) is 14.5. The fourth-order valence-electron chi connectivity index (χ4n) is 2.47. The van der Waals surface area contributed by atoms with Gasteiger partial charge in [-0.2, -0.15) is 0 Å². The van der Waals surface area contributed by atoms with E-state index in [0.717, 1.165) is 0 Å². The van der Waals surface area contributed by atoms with Crippen molar-refractivity contribution in [1.82, 2.24) is 9.55 Å². The molecular weight excluding hydrogens is 362 g/mol. The topological polar surface area (TPSA) is 169 Å². The lowest BCUT2D eigenvalue weighted by Crippen LogP contribution is -2.33. The van der Waals surface area contributed by atoms with Crippen molar-refractivity contribution in [2.45, 2.75) is 31.7 Å². The summed E-state index contributed by atoms with van der Waals surface area (Å²) in [6, 6.07) is -0.679. The number of aromatic nitrogens is 2. The number of aliphatic hydroxyl groups is 1. The molecule has 27 heavy (non-hydrogen) atoms. The Kier molecular flexibility index (Phi) is 7.17. The number of rotatable bonds is 7. The van der Waals surface area contributed by atoms with Crippen LogP contribution in [0.5, 0.6) is 0 Å². The largest absolute Gasteiger partial charge is 0.508 e. The number of nitrogens with one attached hydrogen (secondary N) is 1. The van der Waals surface area contributed by atoms with Crippen molar-refractivity contribution in [2.24, 2.45) is 5.11 Å². The zero-order chi connectivity index (χ0) is 19.8. The molecule has 1 aliphatic heterocycles. The van der Waals surface area contributed by atoms with Crippen molar-refractivity contribution in [3.8, 4) is 0 Å². The molecule has 1 aliphatic rings. The number of ether oxygens (including phenoxy) is 3. The van der Waals surface area contributed by atoms with Crippen molar-refractivity contribution in [3.05, 3.63) is 55.2 Å². The fraction of sp³-hybridized carbons (Fsp3) is 0.533. The van der Waals surface area contributed by atoms with Gasteiger partial charge in [0.05, 0.1) is 12.6 Å². The minimum absolute atomic E-state index is 0.0701. The molecule has 3 atom stereocenters. The van der Waals surface area contributed by atoms with Crippen molar-refractivity contribution < 1.29 is 24.1 Å². The Bertz CT molecular complexity index is 855. The normalized spacial score (nSPS) is 21.8. The summed E-state index contributed by atoms with van der Waals surface area (Å²) in [7, 11) is 0. The van der Waals surface area contributed by atoms with Crippen LogP contribution in [0.3, 0.4) is 0 Å². The molecule has 12 nitrogen and oxygen atoms in total. The van der Waals surface area contributed by atoms with Gasteiger partial charge in [0.25, 0.3) is 5.56 Å². The van der Waals surface area contributed by atoms with E-state index < -0.39 is 35.8 Å². The molecular formula is C15H19N5O7. The highest BCUT2D eigenvalue weighted by molar-refractivity contribution is 5.60. The van der Waals surface area contributed by atoms with Crippen molar-refractivity contribution in [3.63, 3.8) is 0 Å². The molecule has 0 bridgehead atoms. The van der Waals surface area contributed by atoms with Gasteiger partial charge in [-0.15, -0.1) is 0 Å².